The highest BCUT2D eigenvalue weighted by Crippen LogP contribution is 2.17. The number of hydrogen-bond acceptors (Lipinski definition) is 7. The third-order valence-electron chi connectivity index (χ3n) is 3.65. The zero-order chi connectivity index (χ0) is 19.4. The second kappa shape index (κ2) is 7.54. The van der Waals surface area contributed by atoms with Gasteiger partial charge in [-0.25, -0.2) is 8.42 Å². The van der Waals surface area contributed by atoms with Gasteiger partial charge in [0.25, 0.3) is 0 Å². The van der Waals surface area contributed by atoms with E-state index in [4.69, 9.17) is 4.74 Å². The first-order chi connectivity index (χ1) is 12.8. The molecule has 1 amide bonds. The van der Waals surface area contributed by atoms with E-state index < -0.39 is 9.84 Å². The number of carbonyl (C=O) groups is 1. The molecule has 0 saturated heterocycles. The van der Waals surface area contributed by atoms with Crippen molar-refractivity contribution in [1.29, 1.82) is 0 Å². The second-order valence-corrected chi connectivity index (χ2v) is 7.73. The van der Waals surface area contributed by atoms with Gasteiger partial charge in [0.05, 0.1) is 12.0 Å². The van der Waals surface area contributed by atoms with Gasteiger partial charge < -0.3 is 10.1 Å². The number of methoxy groups -OCH3 is 1. The Labute approximate surface area is 155 Å². The van der Waals surface area contributed by atoms with Crippen LogP contribution in [-0.2, 0) is 21.2 Å². The molecule has 10 heteroatoms. The van der Waals surface area contributed by atoms with Crippen molar-refractivity contribution in [3.05, 3.63) is 48.5 Å². The molecular formula is C17H17N5O4S. The molecule has 27 heavy (non-hydrogen) atoms. The number of hydrogen-bond donors (Lipinski definition) is 1. The van der Waals surface area contributed by atoms with E-state index in [2.05, 4.69) is 20.7 Å². The van der Waals surface area contributed by atoms with Gasteiger partial charge in [0.1, 0.15) is 12.3 Å². The molecule has 0 bridgehead atoms. The first-order valence-electron chi connectivity index (χ1n) is 7.87. The fraction of sp³-hybridized carbons (Fsp3) is 0.176. The number of sulfone groups is 1. The smallest absolute Gasteiger partial charge is 0.248 e. The number of tetrazole rings is 1. The molecule has 0 saturated carbocycles. The first kappa shape index (κ1) is 18.5. The van der Waals surface area contributed by atoms with Crippen LogP contribution in [0.2, 0.25) is 0 Å². The highest BCUT2D eigenvalue weighted by molar-refractivity contribution is 7.90. The molecule has 0 spiro atoms. The van der Waals surface area contributed by atoms with E-state index in [0.29, 0.717) is 22.8 Å². The average molecular weight is 387 g/mol. The van der Waals surface area contributed by atoms with Gasteiger partial charge in [-0.05, 0) is 53.7 Å². The molecule has 0 aliphatic carbocycles. The van der Waals surface area contributed by atoms with Crippen LogP contribution in [0.25, 0.3) is 11.4 Å². The Balaban J connectivity index is 1.65. The SMILES string of the molecule is COc1ccc(NC(=O)Cn2nnc(-c3ccc(S(C)(=O)=O)cc3)n2)cc1. The molecule has 1 N–H and O–H groups in total. The number of anilines is 1. The molecule has 0 atom stereocenters. The van der Waals surface area contributed by atoms with Crippen molar-refractivity contribution in [3.8, 4) is 17.1 Å². The van der Waals surface area contributed by atoms with Crippen molar-refractivity contribution in [2.75, 3.05) is 18.7 Å². The third kappa shape index (κ3) is 4.67. The molecule has 0 aliphatic rings. The maximum Gasteiger partial charge on any atom is 0.248 e. The lowest BCUT2D eigenvalue weighted by molar-refractivity contribution is -0.117. The van der Waals surface area contributed by atoms with Gasteiger partial charge in [-0.15, -0.1) is 10.2 Å². The Bertz CT molecular complexity index is 1040. The van der Waals surface area contributed by atoms with Gasteiger partial charge >= 0.3 is 0 Å². The van der Waals surface area contributed by atoms with Crippen LogP contribution in [0.5, 0.6) is 5.75 Å². The lowest BCUT2D eigenvalue weighted by Crippen LogP contribution is -2.20. The normalized spacial score (nSPS) is 11.2. The van der Waals surface area contributed by atoms with Gasteiger partial charge in [0.15, 0.2) is 9.84 Å². The topological polar surface area (TPSA) is 116 Å². The Morgan fingerprint density at radius 1 is 1.11 bits per heavy atom. The molecule has 1 aromatic heterocycles. The van der Waals surface area contributed by atoms with Crippen LogP contribution < -0.4 is 10.1 Å². The van der Waals surface area contributed by atoms with E-state index in [0.717, 1.165) is 6.26 Å². The summed E-state index contributed by atoms with van der Waals surface area (Å²) < 4.78 is 28.0. The van der Waals surface area contributed by atoms with Crippen molar-refractivity contribution < 1.29 is 17.9 Å². The Kier molecular flexibility index (Phi) is 5.17. The molecular weight excluding hydrogens is 370 g/mol. The van der Waals surface area contributed by atoms with Crippen LogP contribution in [-0.4, -0.2) is 47.9 Å². The molecule has 0 fully saturated rings. The molecule has 0 aliphatic heterocycles. The van der Waals surface area contributed by atoms with E-state index in [1.165, 1.54) is 16.9 Å². The Hall–Kier alpha value is -3.27. The minimum absolute atomic E-state index is 0.111. The molecule has 2 aromatic carbocycles. The Morgan fingerprint density at radius 3 is 2.37 bits per heavy atom. The summed E-state index contributed by atoms with van der Waals surface area (Å²) in [7, 11) is -1.70. The highest BCUT2D eigenvalue weighted by Gasteiger charge is 2.12. The number of carbonyl (C=O) groups excluding carboxylic acids is 1. The predicted octanol–water partition coefficient (Wildman–Crippen LogP) is 1.39. The van der Waals surface area contributed by atoms with E-state index in [1.54, 1.807) is 43.5 Å². The van der Waals surface area contributed by atoms with Crippen molar-refractivity contribution >= 4 is 21.4 Å². The summed E-state index contributed by atoms with van der Waals surface area (Å²) in [5.74, 6) is 0.682. The largest absolute Gasteiger partial charge is 0.497 e. The monoisotopic (exact) mass is 387 g/mol. The van der Waals surface area contributed by atoms with Crippen molar-refractivity contribution in [3.63, 3.8) is 0 Å². The van der Waals surface area contributed by atoms with Crippen LogP contribution in [0.3, 0.4) is 0 Å². The molecule has 3 rings (SSSR count). The van der Waals surface area contributed by atoms with Crippen LogP contribution >= 0.6 is 0 Å². The fourth-order valence-corrected chi connectivity index (χ4v) is 2.91. The summed E-state index contributed by atoms with van der Waals surface area (Å²) in [6.07, 6.45) is 1.14. The lowest BCUT2D eigenvalue weighted by atomic mass is 10.2. The Morgan fingerprint density at radius 2 is 1.78 bits per heavy atom. The number of benzene rings is 2. The van der Waals surface area contributed by atoms with Crippen LogP contribution in [0.4, 0.5) is 5.69 Å². The maximum absolute atomic E-state index is 12.1. The summed E-state index contributed by atoms with van der Waals surface area (Å²) in [5, 5.41) is 14.6. The van der Waals surface area contributed by atoms with Crippen molar-refractivity contribution in [2.45, 2.75) is 11.4 Å². The molecule has 1 heterocycles. The number of ether oxygens (including phenoxy) is 1. The standard InChI is InChI=1S/C17H17N5O4S/c1-26-14-7-5-13(6-8-14)18-16(23)11-22-20-17(19-21-22)12-3-9-15(10-4-12)27(2,24)25/h3-10H,11H2,1-2H3,(H,18,23). The van der Waals surface area contributed by atoms with E-state index >= 15 is 0 Å². The summed E-state index contributed by atoms with van der Waals surface area (Å²) in [4.78, 5) is 13.5. The van der Waals surface area contributed by atoms with Crippen LogP contribution in [0, 0.1) is 0 Å². The van der Waals surface area contributed by atoms with Gasteiger partial charge in [-0.3, -0.25) is 4.79 Å². The van der Waals surface area contributed by atoms with E-state index in [-0.39, 0.29) is 17.3 Å². The minimum atomic E-state index is -3.27. The minimum Gasteiger partial charge on any atom is -0.497 e. The maximum atomic E-state index is 12.1. The number of rotatable bonds is 6. The fourth-order valence-electron chi connectivity index (χ4n) is 2.28. The number of aromatic nitrogens is 4. The van der Waals surface area contributed by atoms with Crippen LogP contribution in [0.1, 0.15) is 0 Å². The summed E-state index contributed by atoms with van der Waals surface area (Å²) >= 11 is 0. The zero-order valence-corrected chi connectivity index (χ0v) is 15.5. The number of nitrogens with zero attached hydrogens (tertiary/aromatic N) is 4. The zero-order valence-electron chi connectivity index (χ0n) is 14.7. The first-order valence-corrected chi connectivity index (χ1v) is 9.76. The quantitative estimate of drug-likeness (QED) is 0.679. The summed E-state index contributed by atoms with van der Waals surface area (Å²) in [5.41, 5.74) is 1.22. The van der Waals surface area contributed by atoms with Crippen molar-refractivity contribution in [2.24, 2.45) is 0 Å². The van der Waals surface area contributed by atoms with E-state index in [9.17, 15) is 13.2 Å². The third-order valence-corrected chi connectivity index (χ3v) is 4.78. The molecule has 0 unspecified atom stereocenters. The molecule has 9 nitrogen and oxygen atoms in total. The van der Waals surface area contributed by atoms with Crippen molar-refractivity contribution in [1.82, 2.24) is 20.2 Å². The van der Waals surface area contributed by atoms with E-state index in [1.807, 2.05) is 0 Å². The van der Waals surface area contributed by atoms with Gasteiger partial charge in [0.2, 0.25) is 11.7 Å². The highest BCUT2D eigenvalue weighted by atomic mass is 32.2. The molecule has 0 radical (unpaired) electrons. The number of amides is 1. The van der Waals surface area contributed by atoms with Gasteiger partial charge in [-0.2, -0.15) is 4.80 Å². The molecule has 140 valence electrons. The predicted molar refractivity (Wildman–Crippen MR) is 98.0 cm³/mol. The van der Waals surface area contributed by atoms with Crippen LogP contribution in [0.15, 0.2) is 53.4 Å². The van der Waals surface area contributed by atoms with Gasteiger partial charge in [0, 0.05) is 17.5 Å². The number of nitrogens with one attached hydrogen (secondary N) is 1. The summed E-state index contributed by atoms with van der Waals surface area (Å²) in [6, 6.07) is 13.1. The van der Waals surface area contributed by atoms with Gasteiger partial charge in [-0.1, -0.05) is 0 Å². The molecule has 3 aromatic rings. The summed E-state index contributed by atoms with van der Waals surface area (Å²) in [6.45, 7) is -0.111. The lowest BCUT2D eigenvalue weighted by Gasteiger charge is -2.05. The second-order valence-electron chi connectivity index (χ2n) is 5.72. The average Bonchev–Trinajstić information content (AvgIpc) is 3.10.